The second kappa shape index (κ2) is 4.88. The maximum absolute atomic E-state index is 12.4. The fourth-order valence-corrected chi connectivity index (χ4v) is 3.56. The van der Waals surface area contributed by atoms with Gasteiger partial charge in [0.05, 0.1) is 16.7 Å². The lowest BCUT2D eigenvalue weighted by Gasteiger charge is -2.09. The molecule has 8 heteroatoms. The van der Waals surface area contributed by atoms with Gasteiger partial charge in [-0.15, -0.1) is 0 Å². The maximum Gasteiger partial charge on any atom is 0.263 e. The van der Waals surface area contributed by atoms with Crippen LogP contribution in [0.15, 0.2) is 29.3 Å². The second-order valence-electron chi connectivity index (χ2n) is 4.96. The number of aromatic nitrogens is 2. The molecule has 1 aromatic carbocycles. The fraction of sp³-hybridized carbons (Fsp3) is 0.231. The van der Waals surface area contributed by atoms with E-state index in [-0.39, 0.29) is 22.1 Å². The molecular formula is C13H15N5O2S. The van der Waals surface area contributed by atoms with Gasteiger partial charge in [-0.3, -0.25) is 15.2 Å². The molecule has 0 spiro atoms. The Labute approximate surface area is 122 Å². The van der Waals surface area contributed by atoms with Gasteiger partial charge < -0.3 is 5.73 Å². The maximum atomic E-state index is 12.4. The quantitative estimate of drug-likeness (QED) is 0.496. The van der Waals surface area contributed by atoms with Crippen LogP contribution < -0.4 is 10.5 Å². The molecule has 0 saturated carbocycles. The van der Waals surface area contributed by atoms with Crippen molar-refractivity contribution in [3.05, 3.63) is 41.1 Å². The molecule has 7 nitrogen and oxygen atoms in total. The highest BCUT2D eigenvalue weighted by atomic mass is 32.2. The van der Waals surface area contributed by atoms with Crippen LogP contribution in [0, 0.1) is 5.41 Å². The molecule has 110 valence electrons. The van der Waals surface area contributed by atoms with E-state index < -0.39 is 10.0 Å². The molecule has 0 amide bonds. The van der Waals surface area contributed by atoms with Gasteiger partial charge in [0.25, 0.3) is 10.0 Å². The number of nitrogen functional groups attached to an aromatic ring is 1. The third kappa shape index (κ3) is 2.49. The lowest BCUT2D eigenvalue weighted by molar-refractivity contribution is 0.601. The van der Waals surface area contributed by atoms with Crippen molar-refractivity contribution >= 4 is 21.7 Å². The van der Waals surface area contributed by atoms with Crippen molar-refractivity contribution in [3.8, 4) is 0 Å². The molecular weight excluding hydrogens is 290 g/mol. The zero-order chi connectivity index (χ0) is 15.0. The van der Waals surface area contributed by atoms with Crippen molar-refractivity contribution in [2.75, 3.05) is 4.72 Å². The number of sulfonamides is 1. The molecule has 0 saturated heterocycles. The molecule has 1 aliphatic rings. The summed E-state index contributed by atoms with van der Waals surface area (Å²) in [6, 6.07) is 5.15. The van der Waals surface area contributed by atoms with E-state index in [9.17, 15) is 8.42 Å². The van der Waals surface area contributed by atoms with Crippen molar-refractivity contribution in [1.82, 2.24) is 10.2 Å². The first-order valence-corrected chi connectivity index (χ1v) is 7.98. The first-order valence-electron chi connectivity index (χ1n) is 6.50. The molecule has 1 aliphatic carbocycles. The summed E-state index contributed by atoms with van der Waals surface area (Å²) in [7, 11) is -3.73. The van der Waals surface area contributed by atoms with Crippen LogP contribution in [-0.4, -0.2) is 24.5 Å². The Bertz CT molecular complexity index is 810. The Balaban J connectivity index is 1.94. The molecule has 0 atom stereocenters. The van der Waals surface area contributed by atoms with Crippen LogP contribution in [0.2, 0.25) is 0 Å². The van der Waals surface area contributed by atoms with Gasteiger partial charge in [-0.1, -0.05) is 6.07 Å². The number of hydrogen-bond acceptors (Lipinski definition) is 4. The third-order valence-corrected chi connectivity index (χ3v) is 4.89. The minimum atomic E-state index is -3.73. The molecule has 3 rings (SSSR count). The Morgan fingerprint density at radius 1 is 1.33 bits per heavy atom. The van der Waals surface area contributed by atoms with E-state index in [1.807, 2.05) is 6.07 Å². The van der Waals surface area contributed by atoms with Crippen molar-refractivity contribution in [1.29, 1.82) is 5.41 Å². The second-order valence-corrected chi connectivity index (χ2v) is 6.64. The summed E-state index contributed by atoms with van der Waals surface area (Å²) in [5, 5.41) is 13.6. The zero-order valence-electron chi connectivity index (χ0n) is 11.2. The summed E-state index contributed by atoms with van der Waals surface area (Å²) < 4.78 is 27.2. The topological polar surface area (TPSA) is 125 Å². The number of anilines is 1. The van der Waals surface area contributed by atoms with Crippen molar-refractivity contribution in [3.63, 3.8) is 0 Å². The summed E-state index contributed by atoms with van der Waals surface area (Å²) >= 11 is 0. The number of nitrogens with zero attached hydrogens (tertiary/aromatic N) is 1. The average molecular weight is 305 g/mol. The summed E-state index contributed by atoms with van der Waals surface area (Å²) in [5.74, 6) is -0.154. The Morgan fingerprint density at radius 3 is 2.86 bits per heavy atom. The van der Waals surface area contributed by atoms with Crippen LogP contribution >= 0.6 is 0 Å². The van der Waals surface area contributed by atoms with Gasteiger partial charge >= 0.3 is 0 Å². The van der Waals surface area contributed by atoms with E-state index in [1.165, 1.54) is 11.8 Å². The number of amidine groups is 1. The van der Waals surface area contributed by atoms with E-state index in [1.54, 1.807) is 12.1 Å². The molecule has 5 N–H and O–H groups in total. The third-order valence-electron chi connectivity index (χ3n) is 3.55. The van der Waals surface area contributed by atoms with Gasteiger partial charge in [-0.05, 0) is 42.5 Å². The fourth-order valence-electron chi connectivity index (χ4n) is 2.48. The summed E-state index contributed by atoms with van der Waals surface area (Å²) in [5.41, 5.74) is 7.89. The van der Waals surface area contributed by atoms with Gasteiger partial charge in [0.15, 0.2) is 0 Å². The van der Waals surface area contributed by atoms with Gasteiger partial charge in [0, 0.05) is 0 Å². The van der Waals surface area contributed by atoms with Crippen LogP contribution in [0.3, 0.4) is 0 Å². The van der Waals surface area contributed by atoms with Crippen molar-refractivity contribution in [2.24, 2.45) is 5.73 Å². The monoisotopic (exact) mass is 305 g/mol. The number of rotatable bonds is 4. The summed E-state index contributed by atoms with van der Waals surface area (Å²) in [4.78, 5) is 0.201. The number of H-pyrrole nitrogens is 1. The lowest BCUT2D eigenvalue weighted by atomic mass is 10.1. The number of nitrogens with two attached hydrogens (primary N) is 1. The normalized spacial score (nSPS) is 13.9. The van der Waals surface area contributed by atoms with Crippen LogP contribution in [0.25, 0.3) is 0 Å². The zero-order valence-corrected chi connectivity index (χ0v) is 12.0. The standard InChI is InChI=1S/C13H15N5O2S/c14-12(15)11-7-16-17-13(11)18-21(19,20)10-5-4-8-2-1-3-9(8)6-10/h4-7H,1-3H2,(H3,14,15)(H2,16,17,18). The van der Waals surface area contributed by atoms with Gasteiger partial charge in [-0.2, -0.15) is 5.10 Å². The molecule has 2 aromatic rings. The number of benzene rings is 1. The van der Waals surface area contributed by atoms with E-state index >= 15 is 0 Å². The molecule has 21 heavy (non-hydrogen) atoms. The van der Waals surface area contributed by atoms with E-state index in [0.717, 1.165) is 24.8 Å². The Hall–Kier alpha value is -2.35. The van der Waals surface area contributed by atoms with E-state index in [2.05, 4.69) is 14.9 Å². The molecule has 0 aliphatic heterocycles. The molecule has 0 fully saturated rings. The predicted molar refractivity (Wildman–Crippen MR) is 78.9 cm³/mol. The number of nitrogens with one attached hydrogen (secondary N) is 3. The van der Waals surface area contributed by atoms with E-state index in [0.29, 0.717) is 0 Å². The average Bonchev–Trinajstić information content (AvgIpc) is 3.05. The Morgan fingerprint density at radius 2 is 2.10 bits per heavy atom. The van der Waals surface area contributed by atoms with E-state index in [4.69, 9.17) is 11.1 Å². The van der Waals surface area contributed by atoms with Gasteiger partial charge in [-0.25, -0.2) is 8.42 Å². The van der Waals surface area contributed by atoms with Crippen molar-refractivity contribution in [2.45, 2.75) is 24.2 Å². The lowest BCUT2D eigenvalue weighted by Crippen LogP contribution is -2.18. The van der Waals surface area contributed by atoms with Crippen LogP contribution in [0.1, 0.15) is 23.1 Å². The molecule has 0 unspecified atom stereocenters. The first-order chi connectivity index (χ1) is 9.97. The predicted octanol–water partition coefficient (Wildman–Crippen LogP) is 0.983. The summed E-state index contributed by atoms with van der Waals surface area (Å²) in [6.07, 6.45) is 4.27. The first kappa shape index (κ1) is 13.6. The summed E-state index contributed by atoms with van der Waals surface area (Å²) in [6.45, 7) is 0. The number of aromatic amines is 1. The smallest absolute Gasteiger partial charge is 0.263 e. The minimum absolute atomic E-state index is 0.1000. The molecule has 0 bridgehead atoms. The van der Waals surface area contributed by atoms with Crippen molar-refractivity contribution < 1.29 is 8.42 Å². The number of aryl methyl sites for hydroxylation is 2. The van der Waals surface area contributed by atoms with Gasteiger partial charge in [0.2, 0.25) is 0 Å². The largest absolute Gasteiger partial charge is 0.384 e. The highest BCUT2D eigenvalue weighted by Gasteiger charge is 2.20. The van der Waals surface area contributed by atoms with Gasteiger partial charge in [0.1, 0.15) is 11.7 Å². The number of fused-ring (bicyclic) bond motifs is 1. The SMILES string of the molecule is N=C(N)c1cn[nH]c1NS(=O)(=O)c1ccc2c(c1)CCC2. The minimum Gasteiger partial charge on any atom is -0.384 e. The van der Waals surface area contributed by atoms with Crippen LogP contribution in [0.4, 0.5) is 5.82 Å². The molecule has 1 heterocycles. The number of hydrogen-bond donors (Lipinski definition) is 4. The van der Waals surface area contributed by atoms with Crippen LogP contribution in [-0.2, 0) is 22.9 Å². The highest BCUT2D eigenvalue weighted by molar-refractivity contribution is 7.92. The molecule has 1 aromatic heterocycles. The molecule has 0 radical (unpaired) electrons. The Kier molecular flexibility index (Phi) is 3.17. The highest BCUT2D eigenvalue weighted by Crippen LogP contribution is 2.26. The van der Waals surface area contributed by atoms with Crippen LogP contribution in [0.5, 0.6) is 0 Å².